The Morgan fingerprint density at radius 3 is 2.80 bits per heavy atom. The van der Waals surface area contributed by atoms with Crippen LogP contribution in [0.5, 0.6) is 0 Å². The first kappa shape index (κ1) is 22.4. The molecule has 0 aliphatic carbocycles. The van der Waals surface area contributed by atoms with E-state index in [2.05, 4.69) is 26.9 Å². The molecule has 9 heteroatoms. The van der Waals surface area contributed by atoms with Crippen molar-refractivity contribution in [3.8, 4) is 0 Å². The number of hydrogen-bond donors (Lipinski definition) is 2. The van der Waals surface area contributed by atoms with Gasteiger partial charge in [-0.25, -0.2) is 13.4 Å². The van der Waals surface area contributed by atoms with Crippen molar-refractivity contribution in [3.05, 3.63) is 45.9 Å². The minimum Gasteiger partial charge on any atom is -0.354 e. The van der Waals surface area contributed by atoms with Crippen molar-refractivity contribution >= 4 is 33.1 Å². The topological polar surface area (TPSA) is 101 Å². The molecule has 1 amide bonds. The molecule has 1 aromatic carbocycles. The van der Waals surface area contributed by atoms with E-state index in [-0.39, 0.29) is 16.6 Å². The van der Waals surface area contributed by atoms with E-state index in [4.69, 9.17) is 0 Å². The van der Waals surface area contributed by atoms with Gasteiger partial charge in [-0.15, -0.1) is 11.3 Å². The van der Waals surface area contributed by atoms with Gasteiger partial charge in [0.15, 0.2) is 0 Å². The van der Waals surface area contributed by atoms with Crippen LogP contribution in [0.15, 0.2) is 39.5 Å². The molecule has 1 aliphatic rings. The highest BCUT2D eigenvalue weighted by molar-refractivity contribution is 7.90. The van der Waals surface area contributed by atoms with Crippen LogP contribution in [0.2, 0.25) is 0 Å². The summed E-state index contributed by atoms with van der Waals surface area (Å²) < 4.78 is 27.1. The molecule has 3 rings (SSSR count). The third-order valence-electron chi connectivity index (χ3n) is 4.86. The van der Waals surface area contributed by atoms with Crippen LogP contribution in [0.1, 0.15) is 55.3 Å². The number of carbonyl (C=O) groups excluding carboxylic acids is 1. The number of amides is 1. The van der Waals surface area contributed by atoms with Gasteiger partial charge >= 0.3 is 0 Å². The largest absolute Gasteiger partial charge is 0.354 e. The number of rotatable bonds is 10. The van der Waals surface area contributed by atoms with Gasteiger partial charge in [0, 0.05) is 23.2 Å². The van der Waals surface area contributed by atoms with Gasteiger partial charge in [0.1, 0.15) is 11.9 Å². The van der Waals surface area contributed by atoms with E-state index < -0.39 is 16.1 Å². The zero-order valence-corrected chi connectivity index (χ0v) is 19.0. The molecule has 1 aromatic heterocycles. The molecular formula is C21H28N4O3S2. The molecule has 162 valence electrons. The van der Waals surface area contributed by atoms with Gasteiger partial charge in [-0.1, -0.05) is 31.9 Å². The minimum absolute atomic E-state index is 0.162. The molecule has 1 unspecified atom stereocenters. The van der Waals surface area contributed by atoms with Crippen LogP contribution >= 0.6 is 11.3 Å². The highest BCUT2D eigenvalue weighted by Gasteiger charge is 2.31. The monoisotopic (exact) mass is 448 g/mol. The number of nitrogens with zero attached hydrogens (tertiary/aromatic N) is 2. The molecule has 7 nitrogen and oxygen atoms in total. The van der Waals surface area contributed by atoms with Crippen molar-refractivity contribution in [1.82, 2.24) is 15.0 Å². The molecule has 0 saturated heterocycles. The van der Waals surface area contributed by atoms with Gasteiger partial charge in [0.2, 0.25) is 5.91 Å². The summed E-state index contributed by atoms with van der Waals surface area (Å²) in [6.45, 7) is 4.61. The molecule has 0 saturated carbocycles. The van der Waals surface area contributed by atoms with E-state index in [1.165, 1.54) is 0 Å². The predicted octanol–water partition coefficient (Wildman–Crippen LogP) is 3.19. The van der Waals surface area contributed by atoms with E-state index in [9.17, 15) is 13.2 Å². The van der Waals surface area contributed by atoms with Crippen LogP contribution in [-0.4, -0.2) is 37.7 Å². The SMILES string of the molecule is CCCCC(N=C1NS(=O)(=O)c2ccccc21)C(=O)NCCCCc1nc(C)cs1. The molecular weight excluding hydrogens is 420 g/mol. The number of aliphatic imine (C=N–C) groups is 1. The lowest BCUT2D eigenvalue weighted by molar-refractivity contribution is -0.122. The Bertz CT molecular complexity index is 1010. The summed E-state index contributed by atoms with van der Waals surface area (Å²) in [7, 11) is -3.61. The van der Waals surface area contributed by atoms with Crippen LogP contribution in [0.4, 0.5) is 0 Å². The van der Waals surface area contributed by atoms with Crippen molar-refractivity contribution in [2.24, 2.45) is 4.99 Å². The zero-order valence-electron chi connectivity index (χ0n) is 17.3. The molecule has 0 bridgehead atoms. The quantitative estimate of drug-likeness (QED) is 0.545. The molecule has 2 aromatic rings. The molecule has 1 aliphatic heterocycles. The Morgan fingerprint density at radius 2 is 2.07 bits per heavy atom. The Kier molecular flexibility index (Phi) is 7.60. The first-order valence-corrected chi connectivity index (χ1v) is 12.7. The van der Waals surface area contributed by atoms with Gasteiger partial charge < -0.3 is 5.32 Å². The first-order valence-electron chi connectivity index (χ1n) is 10.3. The van der Waals surface area contributed by atoms with Crippen molar-refractivity contribution in [3.63, 3.8) is 0 Å². The fourth-order valence-electron chi connectivity index (χ4n) is 3.29. The highest BCUT2D eigenvalue weighted by Crippen LogP contribution is 2.23. The molecule has 30 heavy (non-hydrogen) atoms. The average Bonchev–Trinajstić information content (AvgIpc) is 3.25. The number of benzene rings is 1. The van der Waals surface area contributed by atoms with Crippen LogP contribution in [0.25, 0.3) is 0 Å². The van der Waals surface area contributed by atoms with Crippen molar-refractivity contribution in [1.29, 1.82) is 0 Å². The van der Waals surface area contributed by atoms with E-state index in [1.807, 2.05) is 12.3 Å². The van der Waals surface area contributed by atoms with Gasteiger partial charge in [-0.05, 0) is 44.7 Å². The van der Waals surface area contributed by atoms with Crippen LogP contribution in [0, 0.1) is 6.92 Å². The summed E-state index contributed by atoms with van der Waals surface area (Å²) in [6, 6.07) is 6.08. The van der Waals surface area contributed by atoms with Crippen molar-refractivity contribution in [2.45, 2.75) is 63.3 Å². The Labute approximate surface area is 182 Å². The van der Waals surface area contributed by atoms with E-state index in [0.717, 1.165) is 42.8 Å². The standard InChI is InChI=1S/C21H28N4O3S2/c1-3-4-10-17(21(26)22-13-8-7-12-19-23-15(2)14-29-19)24-20-16-9-5-6-11-18(16)30(27,28)25-20/h5-6,9,11,14,17H,3-4,7-8,10,12-13H2,1-2H3,(H,22,26)(H,24,25). The second kappa shape index (κ2) is 10.2. The van der Waals surface area contributed by atoms with Gasteiger partial charge in [-0.3, -0.25) is 14.5 Å². The molecule has 1 atom stereocenters. The number of hydrogen-bond acceptors (Lipinski definition) is 6. The normalized spacial score (nSPS) is 16.8. The van der Waals surface area contributed by atoms with Crippen LogP contribution in [-0.2, 0) is 21.2 Å². The summed E-state index contributed by atoms with van der Waals surface area (Å²) >= 11 is 1.67. The highest BCUT2D eigenvalue weighted by atomic mass is 32.2. The number of aromatic nitrogens is 1. The summed E-state index contributed by atoms with van der Waals surface area (Å²) in [4.78, 5) is 21.9. The number of sulfonamides is 1. The van der Waals surface area contributed by atoms with E-state index >= 15 is 0 Å². The number of aryl methyl sites for hydroxylation is 2. The number of amidine groups is 1. The van der Waals surface area contributed by atoms with Crippen molar-refractivity contribution in [2.75, 3.05) is 6.54 Å². The van der Waals surface area contributed by atoms with Crippen LogP contribution < -0.4 is 10.0 Å². The summed E-state index contributed by atoms with van der Waals surface area (Å²) in [5.74, 6) is 0.0885. The third kappa shape index (κ3) is 5.66. The van der Waals surface area contributed by atoms with Gasteiger partial charge in [-0.2, -0.15) is 0 Å². The maximum absolute atomic E-state index is 12.7. The summed E-state index contributed by atoms with van der Waals surface area (Å²) in [6.07, 6.45) is 5.07. The second-order valence-electron chi connectivity index (χ2n) is 7.37. The van der Waals surface area contributed by atoms with Crippen LogP contribution in [0.3, 0.4) is 0 Å². The van der Waals surface area contributed by atoms with E-state index in [0.29, 0.717) is 18.5 Å². The lowest BCUT2D eigenvalue weighted by atomic mass is 10.1. The molecule has 2 heterocycles. The fourth-order valence-corrected chi connectivity index (χ4v) is 5.34. The fraction of sp³-hybridized carbons (Fsp3) is 0.476. The minimum atomic E-state index is -3.61. The molecule has 2 N–H and O–H groups in total. The lowest BCUT2D eigenvalue weighted by Gasteiger charge is -2.14. The average molecular weight is 449 g/mol. The Balaban J connectivity index is 1.60. The summed E-state index contributed by atoms with van der Waals surface area (Å²) in [5.41, 5.74) is 1.57. The smallest absolute Gasteiger partial charge is 0.263 e. The number of unbranched alkanes of at least 4 members (excludes halogenated alkanes) is 2. The maximum Gasteiger partial charge on any atom is 0.263 e. The maximum atomic E-state index is 12.7. The molecule has 0 fully saturated rings. The molecule has 0 spiro atoms. The second-order valence-corrected chi connectivity index (χ2v) is 9.96. The third-order valence-corrected chi connectivity index (χ3v) is 7.29. The Hall–Kier alpha value is -2.26. The number of thiazole rings is 1. The Morgan fingerprint density at radius 1 is 1.27 bits per heavy atom. The first-order chi connectivity index (χ1) is 14.4. The number of nitrogens with one attached hydrogen (secondary N) is 2. The summed E-state index contributed by atoms with van der Waals surface area (Å²) in [5, 5.41) is 6.13. The zero-order chi connectivity index (χ0) is 21.6. The van der Waals surface area contributed by atoms with Gasteiger partial charge in [0.05, 0.1) is 9.90 Å². The molecule has 0 radical (unpaired) electrons. The lowest BCUT2D eigenvalue weighted by Crippen LogP contribution is -2.36. The van der Waals surface area contributed by atoms with E-state index in [1.54, 1.807) is 35.6 Å². The number of fused-ring (bicyclic) bond motifs is 1. The van der Waals surface area contributed by atoms with Crippen molar-refractivity contribution < 1.29 is 13.2 Å². The predicted molar refractivity (Wildman–Crippen MR) is 119 cm³/mol. The van der Waals surface area contributed by atoms with Gasteiger partial charge in [0.25, 0.3) is 10.0 Å². The number of carbonyl (C=O) groups is 1.